The number of rotatable bonds is 19. The molecule has 22 heterocycles. The number of halogens is 1. The fourth-order valence-corrected chi connectivity index (χ4v) is 18.4. The summed E-state index contributed by atoms with van der Waals surface area (Å²) in [6.07, 6.45) is 32.4. The number of ether oxygens (including phenoxy) is 3. The number of carbonyl (C=O) groups is 8. The first-order valence-corrected chi connectivity index (χ1v) is 45.8. The molecule has 0 saturated carbocycles. The number of amides is 4. The Morgan fingerprint density at radius 1 is 0.331 bits per heavy atom. The van der Waals surface area contributed by atoms with Crippen LogP contribution in [0.2, 0.25) is 0 Å². The lowest BCUT2D eigenvalue weighted by molar-refractivity contribution is -0.127. The molecule has 0 atom stereocenters. The van der Waals surface area contributed by atoms with E-state index < -0.39 is 52.6 Å². The van der Waals surface area contributed by atoms with Gasteiger partial charge in [-0.25, -0.2) is 82.9 Å². The van der Waals surface area contributed by atoms with Crippen molar-refractivity contribution in [2.75, 3.05) is 146 Å². The lowest BCUT2D eigenvalue weighted by Gasteiger charge is -2.36. The highest BCUT2D eigenvalue weighted by atomic mass is 19.1. The number of fused-ring (bicyclic) bond motifs is 8. The van der Waals surface area contributed by atoms with Crippen molar-refractivity contribution >= 4 is 157 Å². The molecule has 4 N–H and O–H groups in total. The molecule has 726 valence electrons. The van der Waals surface area contributed by atoms with Gasteiger partial charge < -0.3 is 73.3 Å². The Balaban J connectivity index is 0.000000114. The van der Waals surface area contributed by atoms with E-state index in [1.165, 1.54) is 113 Å². The number of ketones is 4. The monoisotopic (exact) mass is 1950 g/mol. The highest BCUT2D eigenvalue weighted by molar-refractivity contribution is 6.47. The summed E-state index contributed by atoms with van der Waals surface area (Å²) in [5.41, 5.74) is 6.71. The second-order valence-electron chi connectivity index (χ2n) is 33.7. The summed E-state index contributed by atoms with van der Waals surface area (Å²) in [6.45, 7) is 11.1. The predicted molar refractivity (Wildman–Crippen MR) is 524 cm³/mol. The zero-order valence-electron chi connectivity index (χ0n) is 78.1. The van der Waals surface area contributed by atoms with Crippen molar-refractivity contribution in [2.45, 2.75) is 13.8 Å². The number of para-hydroxylation sites is 1. The zero-order chi connectivity index (χ0) is 99.6. The quantitative estimate of drug-likeness (QED) is 0.0457. The Morgan fingerprint density at radius 3 is 1.12 bits per heavy atom. The summed E-state index contributed by atoms with van der Waals surface area (Å²) in [5, 5.41) is 30.3. The Bertz CT molecular complexity index is 8130. The van der Waals surface area contributed by atoms with E-state index in [1.807, 2.05) is 77.8 Å². The molecular formula is C97H85FN36O11. The van der Waals surface area contributed by atoms with Crippen LogP contribution in [0.3, 0.4) is 0 Å². The molecular weight excluding hydrogens is 1860 g/mol. The molecule has 0 radical (unpaired) electrons. The number of nitrogens with one attached hydrogen (secondary N) is 4. The first-order chi connectivity index (χ1) is 70.9. The maximum atomic E-state index is 14.7. The average molecular weight is 1950 g/mol. The van der Waals surface area contributed by atoms with E-state index in [1.54, 1.807) is 78.4 Å². The third-order valence-corrected chi connectivity index (χ3v) is 25.5. The van der Waals surface area contributed by atoms with Gasteiger partial charge in [-0.3, -0.25) is 48.3 Å². The molecule has 0 unspecified atom stereocenters. The summed E-state index contributed by atoms with van der Waals surface area (Å²) in [5.74, 6) is -0.247. The van der Waals surface area contributed by atoms with E-state index in [9.17, 15) is 42.7 Å². The van der Waals surface area contributed by atoms with Crippen molar-refractivity contribution in [3.63, 3.8) is 0 Å². The summed E-state index contributed by atoms with van der Waals surface area (Å²) in [7, 11) is 4.49. The number of pyridine rings is 8. The van der Waals surface area contributed by atoms with Gasteiger partial charge >= 0.3 is 0 Å². The van der Waals surface area contributed by atoms with Crippen molar-refractivity contribution in [3.8, 4) is 40.5 Å². The molecule has 4 aliphatic heterocycles. The third-order valence-electron chi connectivity index (χ3n) is 25.5. The number of nitrogens with zero attached hydrogens (tertiary/aromatic N) is 32. The van der Waals surface area contributed by atoms with E-state index in [0.29, 0.717) is 195 Å². The third kappa shape index (κ3) is 17.6. The van der Waals surface area contributed by atoms with Crippen LogP contribution in [0.5, 0.6) is 17.2 Å². The fourth-order valence-electron chi connectivity index (χ4n) is 18.4. The minimum Gasteiger partial charge on any atom is -0.494 e. The van der Waals surface area contributed by atoms with Gasteiger partial charge in [-0.2, -0.15) is 10.2 Å². The smallest absolute Gasteiger partial charge is 0.295 e. The molecule has 4 aliphatic rings. The Labute approximate surface area is 818 Å². The van der Waals surface area contributed by atoms with Gasteiger partial charge in [0.2, 0.25) is 0 Å². The van der Waals surface area contributed by atoms with Gasteiger partial charge in [0.15, 0.2) is 40.4 Å². The zero-order valence-corrected chi connectivity index (χ0v) is 78.1. The van der Waals surface area contributed by atoms with E-state index >= 15 is 0 Å². The van der Waals surface area contributed by atoms with Crippen molar-refractivity contribution in [2.24, 2.45) is 0 Å². The number of hydrogen-bond donors (Lipinski definition) is 4. The van der Waals surface area contributed by atoms with Crippen LogP contribution in [0.25, 0.3) is 111 Å². The maximum absolute atomic E-state index is 14.7. The van der Waals surface area contributed by atoms with Crippen LogP contribution in [0.1, 0.15) is 53.1 Å². The first kappa shape index (κ1) is 92.0. The maximum Gasteiger partial charge on any atom is 0.295 e. The number of hydrogen-bond acceptors (Lipinski definition) is 35. The number of piperazine rings is 4. The van der Waals surface area contributed by atoms with Crippen molar-refractivity contribution in [1.29, 1.82) is 0 Å². The molecule has 4 fully saturated rings. The standard InChI is InChI=1S/2C26H24N8O3.C23H20N10O3.C22H17FN10O2/c1-16-30-15-34(31-16)25-23-21(20(37-2)14-29-25)18(13-28-23)24(35)26(36)33-11-9-32(10-12-33)19-7-3-5-17-6-4-8-27-22(17)19;1-16-30-15-34(31-16)25-23-22(21(37-2)14-29-25)19(13-28-23)24(35)26(36)33-10-8-32(9-11-33)20-5-3-4-17-6-7-27-12-18(17)20;1-36-16-12-26-22(33-6-5-29-30-33)18-17(16)15(11-25-18)19(34)23(35)32-9-7-31(8-10-32)21-14-3-2-4-24-20(14)27-13-28-21;23-15-11-26-21(33-5-4-29-30-33)17-16(15)14(10-25-17)18(34)22(35)32-8-6-31(7-9-32)20-13-2-1-3-24-19(13)27-12-28-20/h3-8,13-15,28H,9-12H2,1-2H3;3-7,12-15,28H,8-11H2,1-2H3;2-6,11-13,25H,7-10H2,1H3;1-5,10-12,25H,6-9H2. The molecule has 4 saturated heterocycles. The van der Waals surface area contributed by atoms with Gasteiger partial charge in [0, 0.05) is 177 Å². The highest BCUT2D eigenvalue weighted by Gasteiger charge is 2.38. The number of Topliss-reactive ketones (excluding diaryl/α,β-unsaturated/α-hetero) is 4. The van der Waals surface area contributed by atoms with Crippen LogP contribution < -0.4 is 33.8 Å². The second kappa shape index (κ2) is 39.5. The topological polar surface area (TPSA) is 531 Å². The predicted octanol–water partition coefficient (Wildman–Crippen LogP) is 7.25. The number of benzene rings is 2. The molecule has 0 bridgehead atoms. The first-order valence-electron chi connectivity index (χ1n) is 45.8. The molecule has 4 amide bonds. The summed E-state index contributed by atoms with van der Waals surface area (Å²) in [4.78, 5) is 193. The SMILES string of the molecule is COc1cnc(-n2ccnn2)c2[nH]cc(C(=O)C(=O)N3CCN(c4ncnc5ncccc45)CC3)c12.COc1cnc(-n2cnc(C)n2)c2[nH]cc(C(=O)C(=O)N3CCN(c4cccc5cccnc45)CC3)c12.COc1cnc(-n2cnc(C)n2)c2[nH]cc(C(=O)C(=O)N3CCN(c4cccc5ccncc45)CC3)c12.O=C(C(=O)N1CCN(c2ncnc3ncccc23)CC1)c1c[nH]c2c(-n3ccnn3)ncc(F)c12. The van der Waals surface area contributed by atoms with Crippen LogP contribution in [-0.4, -0.2) is 332 Å². The van der Waals surface area contributed by atoms with Gasteiger partial charge in [-0.05, 0) is 67.8 Å². The Kier molecular flexibility index (Phi) is 25.1. The van der Waals surface area contributed by atoms with Gasteiger partial charge in [-0.15, -0.1) is 10.2 Å². The number of aromatic amines is 4. The van der Waals surface area contributed by atoms with Crippen molar-refractivity contribution in [1.82, 2.24) is 159 Å². The Morgan fingerprint density at radius 2 is 0.703 bits per heavy atom. The molecule has 47 nitrogen and oxygen atoms in total. The number of methoxy groups -OCH3 is 3. The van der Waals surface area contributed by atoms with Crippen LogP contribution in [0.4, 0.5) is 27.4 Å². The van der Waals surface area contributed by atoms with Gasteiger partial charge in [0.25, 0.3) is 46.8 Å². The average Bonchev–Trinajstić information content (AvgIpc) is 1.61. The number of aromatic nitrogens is 28. The van der Waals surface area contributed by atoms with Crippen LogP contribution >= 0.6 is 0 Å². The normalized spacial score (nSPS) is 13.9. The lowest BCUT2D eigenvalue weighted by atomic mass is 10.1. The Hall–Kier alpha value is -19.3. The molecule has 20 aromatic rings. The summed E-state index contributed by atoms with van der Waals surface area (Å²) < 4.78 is 37.0. The molecule has 0 spiro atoms. The summed E-state index contributed by atoms with van der Waals surface area (Å²) in [6, 6.07) is 25.6. The number of H-pyrrole nitrogens is 4. The molecule has 24 rings (SSSR count). The van der Waals surface area contributed by atoms with E-state index in [0.717, 1.165) is 61.7 Å². The minimum atomic E-state index is -0.795. The fraction of sp³-hybridized carbons (Fsp3) is 0.216. The van der Waals surface area contributed by atoms with Crippen molar-refractivity contribution < 1.29 is 57.0 Å². The van der Waals surface area contributed by atoms with E-state index in [2.05, 4.69) is 147 Å². The van der Waals surface area contributed by atoms with Crippen LogP contribution in [-0.2, 0) is 19.2 Å². The highest BCUT2D eigenvalue weighted by Crippen LogP contribution is 2.39. The second-order valence-corrected chi connectivity index (χ2v) is 33.7. The number of aryl methyl sites for hydroxylation is 2. The molecule has 0 aliphatic carbocycles. The van der Waals surface area contributed by atoms with Gasteiger partial charge in [0.05, 0.1) is 159 Å². The van der Waals surface area contributed by atoms with E-state index in [-0.39, 0.29) is 39.0 Å². The molecule has 48 heteroatoms. The van der Waals surface area contributed by atoms with Gasteiger partial charge in [-0.1, -0.05) is 40.8 Å². The van der Waals surface area contributed by atoms with Crippen LogP contribution in [0.15, 0.2) is 210 Å². The molecule has 2 aromatic carbocycles. The van der Waals surface area contributed by atoms with Crippen LogP contribution in [0, 0.1) is 19.7 Å². The molecule has 145 heavy (non-hydrogen) atoms. The number of anilines is 4. The lowest BCUT2D eigenvalue weighted by Crippen LogP contribution is -2.51. The molecule has 18 aromatic heterocycles. The van der Waals surface area contributed by atoms with Gasteiger partial charge in [0.1, 0.15) is 65.8 Å². The summed E-state index contributed by atoms with van der Waals surface area (Å²) >= 11 is 0. The van der Waals surface area contributed by atoms with E-state index in [4.69, 9.17) is 14.2 Å². The number of carbonyl (C=O) groups excluding carboxylic acids is 8. The largest absolute Gasteiger partial charge is 0.494 e. The minimum absolute atomic E-state index is 0.0116. The van der Waals surface area contributed by atoms with Crippen molar-refractivity contribution in [3.05, 3.63) is 249 Å².